The molecule has 1 heterocycles. The highest BCUT2D eigenvalue weighted by atomic mass is 15.2. The van der Waals surface area contributed by atoms with Gasteiger partial charge in [-0.3, -0.25) is 0 Å². The predicted octanol–water partition coefficient (Wildman–Crippen LogP) is 6.65. The third kappa shape index (κ3) is 3.02. The van der Waals surface area contributed by atoms with Gasteiger partial charge >= 0.3 is 0 Å². The first-order chi connectivity index (χ1) is 13.4. The zero-order chi connectivity index (χ0) is 18.1. The summed E-state index contributed by atoms with van der Waals surface area (Å²) in [5.41, 5.74) is 9.22. The molecule has 0 unspecified atom stereocenters. The summed E-state index contributed by atoms with van der Waals surface area (Å²) in [6, 6.07) is 37.1. The van der Waals surface area contributed by atoms with Crippen LogP contribution in [0.4, 0.5) is 17.1 Å². The van der Waals surface area contributed by atoms with Crippen molar-refractivity contribution in [2.45, 2.75) is 12.8 Å². The van der Waals surface area contributed by atoms with Gasteiger partial charge in [0.15, 0.2) is 0 Å². The van der Waals surface area contributed by atoms with Crippen molar-refractivity contribution in [2.75, 3.05) is 4.90 Å². The predicted molar refractivity (Wildman–Crippen MR) is 113 cm³/mol. The SMILES string of the molecule is c1ccc(Cc2ccc(N3c4ccccc4Cc4ccccc43)cc2)cc1. The second kappa shape index (κ2) is 6.77. The lowest BCUT2D eigenvalue weighted by Crippen LogP contribution is -2.18. The van der Waals surface area contributed by atoms with Crippen molar-refractivity contribution in [3.05, 3.63) is 125 Å². The van der Waals surface area contributed by atoms with Crippen LogP contribution in [0, 0.1) is 0 Å². The lowest BCUT2D eigenvalue weighted by molar-refractivity contribution is 1.08. The molecule has 0 bridgehead atoms. The Morgan fingerprint density at radius 1 is 0.519 bits per heavy atom. The lowest BCUT2D eigenvalue weighted by Gasteiger charge is -2.33. The summed E-state index contributed by atoms with van der Waals surface area (Å²) in [7, 11) is 0. The van der Waals surface area contributed by atoms with Gasteiger partial charge in [0.05, 0.1) is 0 Å². The van der Waals surface area contributed by atoms with E-state index in [9.17, 15) is 0 Å². The average Bonchev–Trinajstić information content (AvgIpc) is 2.73. The van der Waals surface area contributed by atoms with Gasteiger partial charge in [-0.15, -0.1) is 0 Å². The molecule has 1 heteroatoms. The van der Waals surface area contributed by atoms with Crippen LogP contribution in [0.15, 0.2) is 103 Å². The third-order valence-corrected chi connectivity index (χ3v) is 5.29. The van der Waals surface area contributed by atoms with Crippen molar-refractivity contribution in [2.24, 2.45) is 0 Å². The molecule has 5 rings (SSSR count). The second-order valence-electron chi connectivity index (χ2n) is 7.10. The maximum absolute atomic E-state index is 2.39. The van der Waals surface area contributed by atoms with E-state index in [0.717, 1.165) is 12.8 Å². The molecule has 0 spiro atoms. The molecular formula is C26H21N. The fourth-order valence-electron chi connectivity index (χ4n) is 3.96. The lowest BCUT2D eigenvalue weighted by atomic mass is 9.95. The number of benzene rings is 4. The van der Waals surface area contributed by atoms with Gasteiger partial charge in [0.1, 0.15) is 0 Å². The third-order valence-electron chi connectivity index (χ3n) is 5.29. The summed E-state index contributed by atoms with van der Waals surface area (Å²) in [5.74, 6) is 0. The van der Waals surface area contributed by atoms with Crippen LogP contribution in [0.5, 0.6) is 0 Å². The van der Waals surface area contributed by atoms with Gasteiger partial charge in [0, 0.05) is 23.5 Å². The first kappa shape index (κ1) is 15.9. The van der Waals surface area contributed by atoms with Crippen molar-refractivity contribution in [1.82, 2.24) is 0 Å². The molecule has 0 atom stereocenters. The van der Waals surface area contributed by atoms with Gasteiger partial charge in [-0.2, -0.15) is 0 Å². The minimum Gasteiger partial charge on any atom is -0.310 e. The maximum atomic E-state index is 2.39. The summed E-state index contributed by atoms with van der Waals surface area (Å²) in [6.45, 7) is 0. The van der Waals surface area contributed by atoms with Crippen molar-refractivity contribution in [3.8, 4) is 0 Å². The molecule has 0 radical (unpaired) electrons. The standard InChI is InChI=1S/C26H21N/c1-2-8-20(9-3-1)18-21-14-16-24(17-15-21)27-25-12-6-4-10-22(25)19-23-11-5-7-13-26(23)27/h1-17H,18-19H2. The summed E-state index contributed by atoms with van der Waals surface area (Å²) < 4.78 is 0. The summed E-state index contributed by atoms with van der Waals surface area (Å²) in [6.07, 6.45) is 1.96. The molecule has 130 valence electrons. The molecule has 0 fully saturated rings. The Kier molecular flexibility index (Phi) is 3.99. The van der Waals surface area contributed by atoms with Crippen LogP contribution in [-0.4, -0.2) is 0 Å². The van der Waals surface area contributed by atoms with E-state index < -0.39 is 0 Å². The smallest absolute Gasteiger partial charge is 0.0497 e. The highest BCUT2D eigenvalue weighted by molar-refractivity contribution is 5.83. The Bertz CT molecular complexity index is 1020. The number of fused-ring (bicyclic) bond motifs is 2. The van der Waals surface area contributed by atoms with Crippen molar-refractivity contribution in [1.29, 1.82) is 0 Å². The van der Waals surface area contributed by atoms with Crippen molar-refractivity contribution in [3.63, 3.8) is 0 Å². The van der Waals surface area contributed by atoms with E-state index >= 15 is 0 Å². The van der Waals surface area contributed by atoms with E-state index in [1.807, 2.05) is 0 Å². The zero-order valence-electron chi connectivity index (χ0n) is 15.2. The number of hydrogen-bond acceptors (Lipinski definition) is 1. The normalized spacial score (nSPS) is 12.4. The molecule has 1 aliphatic heterocycles. The van der Waals surface area contributed by atoms with E-state index in [2.05, 4.69) is 108 Å². The number of para-hydroxylation sites is 2. The molecule has 0 saturated heterocycles. The summed E-state index contributed by atoms with van der Waals surface area (Å²) >= 11 is 0. The zero-order valence-corrected chi connectivity index (χ0v) is 15.2. The van der Waals surface area contributed by atoms with Crippen LogP contribution in [0.25, 0.3) is 0 Å². The molecule has 27 heavy (non-hydrogen) atoms. The molecule has 0 N–H and O–H groups in total. The molecule has 0 amide bonds. The van der Waals surface area contributed by atoms with Gasteiger partial charge in [-0.1, -0.05) is 78.9 Å². The molecule has 0 aliphatic carbocycles. The Balaban J connectivity index is 1.53. The summed E-state index contributed by atoms with van der Waals surface area (Å²) in [5, 5.41) is 0. The largest absolute Gasteiger partial charge is 0.310 e. The topological polar surface area (TPSA) is 3.24 Å². The van der Waals surface area contributed by atoms with Gasteiger partial charge in [0.2, 0.25) is 0 Å². The van der Waals surface area contributed by atoms with E-state index in [4.69, 9.17) is 0 Å². The first-order valence-electron chi connectivity index (χ1n) is 9.47. The Labute approximate surface area is 160 Å². The Morgan fingerprint density at radius 2 is 1.04 bits per heavy atom. The number of rotatable bonds is 3. The fourth-order valence-corrected chi connectivity index (χ4v) is 3.96. The molecule has 4 aromatic rings. The van der Waals surface area contributed by atoms with Crippen LogP contribution in [0.3, 0.4) is 0 Å². The molecular weight excluding hydrogens is 326 g/mol. The van der Waals surface area contributed by atoms with Crippen LogP contribution < -0.4 is 4.90 Å². The highest BCUT2D eigenvalue weighted by Gasteiger charge is 2.23. The second-order valence-corrected chi connectivity index (χ2v) is 7.10. The monoisotopic (exact) mass is 347 g/mol. The minimum atomic E-state index is 0.967. The summed E-state index contributed by atoms with van der Waals surface area (Å²) in [4.78, 5) is 2.39. The van der Waals surface area contributed by atoms with E-state index in [-0.39, 0.29) is 0 Å². The molecule has 1 aliphatic rings. The number of nitrogens with zero attached hydrogens (tertiary/aromatic N) is 1. The van der Waals surface area contributed by atoms with E-state index in [0.29, 0.717) is 0 Å². The number of anilines is 3. The van der Waals surface area contributed by atoms with Crippen LogP contribution in [0.2, 0.25) is 0 Å². The Morgan fingerprint density at radius 3 is 1.67 bits per heavy atom. The van der Waals surface area contributed by atoms with E-state index in [1.165, 1.54) is 39.3 Å². The van der Waals surface area contributed by atoms with Crippen LogP contribution >= 0.6 is 0 Å². The van der Waals surface area contributed by atoms with Crippen molar-refractivity contribution >= 4 is 17.1 Å². The quantitative estimate of drug-likeness (QED) is 0.353. The van der Waals surface area contributed by atoms with Crippen LogP contribution in [0.1, 0.15) is 22.3 Å². The molecule has 0 aromatic heterocycles. The van der Waals surface area contributed by atoms with Gasteiger partial charge < -0.3 is 4.90 Å². The van der Waals surface area contributed by atoms with E-state index in [1.54, 1.807) is 0 Å². The van der Waals surface area contributed by atoms with Crippen molar-refractivity contribution < 1.29 is 0 Å². The molecule has 0 saturated carbocycles. The van der Waals surface area contributed by atoms with Gasteiger partial charge in [-0.05, 0) is 52.9 Å². The Hall–Kier alpha value is -3.32. The number of hydrogen-bond donors (Lipinski definition) is 0. The molecule has 4 aromatic carbocycles. The maximum Gasteiger partial charge on any atom is 0.0497 e. The van der Waals surface area contributed by atoms with Gasteiger partial charge in [-0.25, -0.2) is 0 Å². The fraction of sp³-hybridized carbons (Fsp3) is 0.0769. The first-order valence-corrected chi connectivity index (χ1v) is 9.47. The van der Waals surface area contributed by atoms with Gasteiger partial charge in [0.25, 0.3) is 0 Å². The van der Waals surface area contributed by atoms with Crippen LogP contribution in [-0.2, 0) is 12.8 Å². The highest BCUT2D eigenvalue weighted by Crippen LogP contribution is 2.43. The molecule has 1 nitrogen and oxygen atoms in total. The minimum absolute atomic E-state index is 0.967. The average molecular weight is 347 g/mol.